The molecule has 0 aromatic carbocycles. The van der Waals surface area contributed by atoms with Crippen LogP contribution in [0.15, 0.2) is 24.7 Å². The average Bonchev–Trinajstić information content (AvgIpc) is 2.62. The number of aliphatic hydroxyl groups is 1. The number of pyridine rings is 1. The van der Waals surface area contributed by atoms with Gasteiger partial charge in [-0.05, 0) is 25.5 Å². The second kappa shape index (κ2) is 4.38. The number of halogens is 1. The first-order valence-electron chi connectivity index (χ1n) is 5.51. The normalized spacial score (nSPS) is 11.8. The van der Waals surface area contributed by atoms with Crippen LogP contribution in [0.5, 0.6) is 0 Å². The van der Waals surface area contributed by atoms with E-state index in [-0.39, 0.29) is 5.69 Å². The van der Waals surface area contributed by atoms with E-state index in [0.717, 1.165) is 0 Å². The Hall–Kier alpha value is -1.95. The number of aromatic nitrogens is 3. The van der Waals surface area contributed by atoms with Gasteiger partial charge in [0, 0.05) is 12.4 Å². The predicted octanol–water partition coefficient (Wildman–Crippen LogP) is 1.28. The van der Waals surface area contributed by atoms with Crippen LogP contribution < -0.4 is 5.73 Å². The first-order chi connectivity index (χ1) is 8.36. The molecule has 0 amide bonds. The molecule has 5 nitrogen and oxygen atoms in total. The topological polar surface area (TPSA) is 77.0 Å². The Bertz CT molecular complexity index is 559. The maximum atomic E-state index is 13.8. The van der Waals surface area contributed by atoms with E-state index < -0.39 is 11.4 Å². The summed E-state index contributed by atoms with van der Waals surface area (Å²) < 4.78 is 15.4. The van der Waals surface area contributed by atoms with Gasteiger partial charge in [-0.1, -0.05) is 0 Å². The van der Waals surface area contributed by atoms with Gasteiger partial charge in [-0.2, -0.15) is 5.10 Å². The third-order valence-electron chi connectivity index (χ3n) is 2.48. The maximum absolute atomic E-state index is 13.8. The second-order valence-corrected chi connectivity index (χ2v) is 4.70. The molecular formula is C12H15FN4O. The van der Waals surface area contributed by atoms with Crippen molar-refractivity contribution in [2.75, 3.05) is 5.73 Å². The summed E-state index contributed by atoms with van der Waals surface area (Å²) in [6.07, 6.45) is 4.70. The number of nitrogens with zero attached hydrogens (tertiary/aromatic N) is 3. The smallest absolute Gasteiger partial charge is 0.148 e. The highest BCUT2D eigenvalue weighted by Gasteiger charge is 2.22. The van der Waals surface area contributed by atoms with Gasteiger partial charge in [-0.25, -0.2) is 4.39 Å². The van der Waals surface area contributed by atoms with Crippen molar-refractivity contribution in [2.45, 2.75) is 26.0 Å². The van der Waals surface area contributed by atoms with E-state index >= 15 is 0 Å². The zero-order valence-electron chi connectivity index (χ0n) is 10.3. The van der Waals surface area contributed by atoms with E-state index in [1.807, 2.05) is 0 Å². The van der Waals surface area contributed by atoms with E-state index in [1.54, 1.807) is 10.9 Å². The Morgan fingerprint density at radius 2 is 2.17 bits per heavy atom. The van der Waals surface area contributed by atoms with Crippen molar-refractivity contribution in [3.05, 3.63) is 41.7 Å². The molecule has 0 fully saturated rings. The van der Waals surface area contributed by atoms with Gasteiger partial charge in [0.2, 0.25) is 0 Å². The van der Waals surface area contributed by atoms with Crippen LogP contribution in [0.2, 0.25) is 0 Å². The van der Waals surface area contributed by atoms with E-state index in [2.05, 4.69) is 10.1 Å². The van der Waals surface area contributed by atoms with Crippen LogP contribution in [0.4, 0.5) is 10.1 Å². The van der Waals surface area contributed by atoms with E-state index in [1.165, 1.54) is 32.3 Å². The standard InChI is InChI=1S/C12H15FN4O/c1-12(2,18)11-10(13)3-8(4-15-11)6-17-7-9(14)5-16-17/h3-5,7,18H,6,14H2,1-2H3. The number of rotatable bonds is 3. The first-order valence-corrected chi connectivity index (χ1v) is 5.51. The molecular weight excluding hydrogens is 235 g/mol. The van der Waals surface area contributed by atoms with E-state index in [9.17, 15) is 9.50 Å². The molecule has 0 saturated heterocycles. The third kappa shape index (κ3) is 2.65. The lowest BCUT2D eigenvalue weighted by Crippen LogP contribution is -2.20. The van der Waals surface area contributed by atoms with Crippen molar-refractivity contribution in [2.24, 2.45) is 0 Å². The van der Waals surface area contributed by atoms with Gasteiger partial charge in [0.05, 0.1) is 18.4 Å². The quantitative estimate of drug-likeness (QED) is 0.860. The molecule has 0 atom stereocenters. The minimum atomic E-state index is -1.29. The molecule has 0 aliphatic carbocycles. The molecule has 3 N–H and O–H groups in total. The van der Waals surface area contributed by atoms with Gasteiger partial charge >= 0.3 is 0 Å². The summed E-state index contributed by atoms with van der Waals surface area (Å²) in [4.78, 5) is 3.96. The highest BCUT2D eigenvalue weighted by Crippen LogP contribution is 2.21. The minimum absolute atomic E-state index is 0.0335. The monoisotopic (exact) mass is 250 g/mol. The Kier molecular flexibility index (Phi) is 3.04. The SMILES string of the molecule is CC(C)(O)c1ncc(Cn2cc(N)cn2)cc1F. The van der Waals surface area contributed by atoms with Crippen molar-refractivity contribution >= 4 is 5.69 Å². The van der Waals surface area contributed by atoms with Gasteiger partial charge in [0.15, 0.2) is 0 Å². The van der Waals surface area contributed by atoms with Gasteiger partial charge in [-0.15, -0.1) is 0 Å². The Balaban J connectivity index is 2.24. The summed E-state index contributed by atoms with van der Waals surface area (Å²) in [6, 6.07) is 1.35. The fourth-order valence-corrected chi connectivity index (χ4v) is 1.67. The largest absolute Gasteiger partial charge is 0.396 e. The van der Waals surface area contributed by atoms with Gasteiger partial charge in [0.1, 0.15) is 17.1 Å². The zero-order valence-corrected chi connectivity index (χ0v) is 10.3. The Labute approximate surface area is 104 Å². The summed E-state index contributed by atoms with van der Waals surface area (Å²) >= 11 is 0. The second-order valence-electron chi connectivity index (χ2n) is 4.70. The molecule has 0 saturated carbocycles. The summed E-state index contributed by atoms with van der Waals surface area (Å²) in [7, 11) is 0. The fourth-order valence-electron chi connectivity index (χ4n) is 1.67. The molecule has 0 unspecified atom stereocenters. The summed E-state index contributed by atoms with van der Waals surface area (Å²) in [5, 5.41) is 13.7. The molecule has 0 spiro atoms. The van der Waals surface area contributed by atoms with Crippen LogP contribution in [0.25, 0.3) is 0 Å². The summed E-state index contributed by atoms with van der Waals surface area (Å²) in [6.45, 7) is 3.37. The number of anilines is 1. The van der Waals surface area contributed by atoms with Crippen molar-refractivity contribution in [1.82, 2.24) is 14.8 Å². The third-order valence-corrected chi connectivity index (χ3v) is 2.48. The Morgan fingerprint density at radius 3 is 2.67 bits per heavy atom. The minimum Gasteiger partial charge on any atom is -0.396 e. The molecule has 0 aliphatic heterocycles. The number of nitrogen functional groups attached to an aromatic ring is 1. The van der Waals surface area contributed by atoms with Crippen LogP contribution in [-0.4, -0.2) is 19.9 Å². The number of hydrogen-bond donors (Lipinski definition) is 2. The maximum Gasteiger partial charge on any atom is 0.148 e. The molecule has 2 aromatic rings. The van der Waals surface area contributed by atoms with Gasteiger partial charge in [0.25, 0.3) is 0 Å². The number of hydrogen-bond acceptors (Lipinski definition) is 4. The van der Waals surface area contributed by atoms with Crippen LogP contribution in [0, 0.1) is 5.82 Å². The summed E-state index contributed by atoms with van der Waals surface area (Å²) in [5.74, 6) is -0.528. The van der Waals surface area contributed by atoms with Gasteiger partial charge < -0.3 is 10.8 Å². The molecule has 96 valence electrons. The van der Waals surface area contributed by atoms with Crippen LogP contribution >= 0.6 is 0 Å². The van der Waals surface area contributed by atoms with Crippen LogP contribution in [-0.2, 0) is 12.1 Å². The predicted molar refractivity (Wildman–Crippen MR) is 65.2 cm³/mol. The molecule has 2 rings (SSSR count). The van der Waals surface area contributed by atoms with Crippen molar-refractivity contribution < 1.29 is 9.50 Å². The average molecular weight is 250 g/mol. The lowest BCUT2D eigenvalue weighted by Gasteiger charge is -2.17. The van der Waals surface area contributed by atoms with Crippen molar-refractivity contribution in [3.8, 4) is 0 Å². The molecule has 0 radical (unpaired) electrons. The fraction of sp³-hybridized carbons (Fsp3) is 0.333. The molecule has 6 heteroatoms. The Morgan fingerprint density at radius 1 is 1.44 bits per heavy atom. The molecule has 2 heterocycles. The lowest BCUT2D eigenvalue weighted by molar-refractivity contribution is 0.0694. The molecule has 0 bridgehead atoms. The molecule has 2 aromatic heterocycles. The summed E-state index contributed by atoms with van der Waals surface area (Å²) in [5.41, 5.74) is 5.49. The van der Waals surface area contributed by atoms with E-state index in [4.69, 9.17) is 5.73 Å². The zero-order chi connectivity index (χ0) is 13.3. The lowest BCUT2D eigenvalue weighted by atomic mass is 10.0. The first kappa shape index (κ1) is 12.5. The highest BCUT2D eigenvalue weighted by molar-refractivity contribution is 5.31. The molecule has 18 heavy (non-hydrogen) atoms. The highest BCUT2D eigenvalue weighted by atomic mass is 19.1. The van der Waals surface area contributed by atoms with Crippen molar-refractivity contribution in [1.29, 1.82) is 0 Å². The van der Waals surface area contributed by atoms with Crippen LogP contribution in [0.3, 0.4) is 0 Å². The van der Waals surface area contributed by atoms with Crippen LogP contribution in [0.1, 0.15) is 25.1 Å². The van der Waals surface area contributed by atoms with Gasteiger partial charge in [-0.3, -0.25) is 9.67 Å². The van der Waals surface area contributed by atoms with Crippen molar-refractivity contribution in [3.63, 3.8) is 0 Å². The van der Waals surface area contributed by atoms with E-state index in [0.29, 0.717) is 17.8 Å². The number of nitrogens with two attached hydrogens (primary N) is 1. The molecule has 0 aliphatic rings.